The second-order valence-corrected chi connectivity index (χ2v) is 7.02. The first-order valence-electron chi connectivity index (χ1n) is 7.44. The molecule has 0 saturated carbocycles. The van der Waals surface area contributed by atoms with Gasteiger partial charge >= 0.3 is 0 Å². The van der Waals surface area contributed by atoms with Crippen LogP contribution in [0.5, 0.6) is 11.5 Å². The number of hydrogen-bond donors (Lipinski definition) is 2. The molecule has 0 heterocycles. The van der Waals surface area contributed by atoms with Gasteiger partial charge in [-0.1, -0.05) is 6.07 Å². The highest BCUT2D eigenvalue weighted by molar-refractivity contribution is 7.89. The van der Waals surface area contributed by atoms with E-state index in [1.807, 2.05) is 0 Å². The molecule has 0 radical (unpaired) electrons. The first-order valence-corrected chi connectivity index (χ1v) is 8.92. The van der Waals surface area contributed by atoms with Crippen molar-refractivity contribution in [1.29, 1.82) is 0 Å². The zero-order chi connectivity index (χ0) is 18.4. The van der Waals surface area contributed by atoms with Gasteiger partial charge in [0.25, 0.3) is 0 Å². The molecule has 25 heavy (non-hydrogen) atoms. The summed E-state index contributed by atoms with van der Waals surface area (Å²) in [7, 11) is 0.921. The van der Waals surface area contributed by atoms with Crippen molar-refractivity contribution in [1.82, 2.24) is 4.72 Å². The largest absolute Gasteiger partial charge is 0.497 e. The van der Waals surface area contributed by atoms with E-state index in [1.165, 1.54) is 38.4 Å². The number of carbonyl (C=O) groups excluding carboxylic acids is 1. The van der Waals surface area contributed by atoms with E-state index in [0.717, 1.165) is 5.56 Å². The number of amides is 1. The third-order valence-corrected chi connectivity index (χ3v) is 4.99. The minimum absolute atomic E-state index is 0.115. The van der Waals surface area contributed by atoms with Crippen LogP contribution in [0.3, 0.4) is 0 Å². The van der Waals surface area contributed by atoms with Gasteiger partial charge in [-0.25, -0.2) is 13.1 Å². The minimum atomic E-state index is -3.50. The molecule has 0 atom stereocenters. The number of methoxy groups -OCH3 is 2. The van der Waals surface area contributed by atoms with Gasteiger partial charge in [-0.3, -0.25) is 4.79 Å². The molecule has 7 nitrogen and oxygen atoms in total. The van der Waals surface area contributed by atoms with Crippen LogP contribution in [0.4, 0.5) is 5.69 Å². The van der Waals surface area contributed by atoms with Crippen molar-refractivity contribution < 1.29 is 22.7 Å². The Balaban J connectivity index is 2.08. The van der Waals surface area contributed by atoms with E-state index in [-0.39, 0.29) is 17.2 Å². The van der Waals surface area contributed by atoms with Crippen molar-refractivity contribution in [3.05, 3.63) is 48.0 Å². The van der Waals surface area contributed by atoms with Crippen molar-refractivity contribution in [2.45, 2.75) is 11.3 Å². The Labute approximate surface area is 147 Å². The van der Waals surface area contributed by atoms with Gasteiger partial charge in [0.05, 0.1) is 25.5 Å². The van der Waals surface area contributed by atoms with Gasteiger partial charge in [0.1, 0.15) is 11.5 Å². The number of anilines is 1. The molecule has 8 heteroatoms. The molecule has 0 aliphatic heterocycles. The second kappa shape index (κ2) is 8.00. The van der Waals surface area contributed by atoms with Crippen molar-refractivity contribution in [3.63, 3.8) is 0 Å². The summed E-state index contributed by atoms with van der Waals surface area (Å²) in [6.45, 7) is 0. The van der Waals surface area contributed by atoms with Gasteiger partial charge in [0, 0.05) is 17.3 Å². The van der Waals surface area contributed by atoms with Gasteiger partial charge in [-0.05, 0) is 37.4 Å². The third-order valence-electron chi connectivity index (χ3n) is 3.56. The van der Waals surface area contributed by atoms with Crippen LogP contribution in [-0.4, -0.2) is 35.6 Å². The molecule has 134 valence electrons. The first kappa shape index (κ1) is 18.8. The van der Waals surface area contributed by atoms with E-state index in [0.29, 0.717) is 17.2 Å². The molecule has 2 aromatic rings. The predicted octanol–water partition coefficient (Wildman–Crippen LogP) is 1.79. The lowest BCUT2D eigenvalue weighted by Gasteiger charge is -2.11. The van der Waals surface area contributed by atoms with Gasteiger partial charge < -0.3 is 14.8 Å². The highest BCUT2D eigenvalue weighted by Crippen LogP contribution is 2.25. The van der Waals surface area contributed by atoms with E-state index in [9.17, 15) is 13.2 Å². The Morgan fingerprint density at radius 1 is 1.04 bits per heavy atom. The smallest absolute Gasteiger partial charge is 0.240 e. The standard InChI is InChI=1S/C17H20N2O5S/c1-18-25(21,22)15-8-5-13(6-9-15)19-17(20)10-12-4-7-14(23-2)11-16(12)24-3/h4-9,11,18H,10H2,1-3H3,(H,19,20). The Bertz CT molecular complexity index is 848. The van der Waals surface area contributed by atoms with Crippen LogP contribution in [0.2, 0.25) is 0 Å². The molecule has 0 spiro atoms. The molecular formula is C17H20N2O5S. The summed E-state index contributed by atoms with van der Waals surface area (Å²) >= 11 is 0. The van der Waals surface area contributed by atoms with Gasteiger partial charge in [-0.2, -0.15) is 0 Å². The fourth-order valence-corrected chi connectivity index (χ4v) is 2.94. The molecule has 2 rings (SSSR count). The summed E-state index contributed by atoms with van der Waals surface area (Å²) in [6, 6.07) is 11.1. The molecule has 0 unspecified atom stereocenters. The molecule has 0 aliphatic carbocycles. The monoisotopic (exact) mass is 364 g/mol. The molecule has 0 aliphatic rings. The SMILES string of the molecule is CNS(=O)(=O)c1ccc(NC(=O)Cc2ccc(OC)cc2OC)cc1. The van der Waals surface area contributed by atoms with Crippen LogP contribution < -0.4 is 19.5 Å². The molecule has 2 aromatic carbocycles. The van der Waals surface area contributed by atoms with Crippen LogP contribution in [0, 0.1) is 0 Å². The molecular weight excluding hydrogens is 344 g/mol. The highest BCUT2D eigenvalue weighted by atomic mass is 32.2. The maximum absolute atomic E-state index is 12.2. The molecule has 0 fully saturated rings. The van der Waals surface area contributed by atoms with Gasteiger partial charge in [0.2, 0.25) is 15.9 Å². The quantitative estimate of drug-likeness (QED) is 0.781. The lowest BCUT2D eigenvalue weighted by Crippen LogP contribution is -2.19. The maximum atomic E-state index is 12.2. The number of ether oxygens (including phenoxy) is 2. The minimum Gasteiger partial charge on any atom is -0.497 e. The number of rotatable bonds is 7. The van der Waals surface area contributed by atoms with Crippen LogP contribution in [0.1, 0.15) is 5.56 Å². The van der Waals surface area contributed by atoms with E-state index < -0.39 is 10.0 Å². The summed E-state index contributed by atoms with van der Waals surface area (Å²) < 4.78 is 36.0. The Morgan fingerprint density at radius 3 is 2.28 bits per heavy atom. The normalized spacial score (nSPS) is 11.0. The van der Waals surface area contributed by atoms with Crippen molar-refractivity contribution in [2.75, 3.05) is 26.6 Å². The fraction of sp³-hybridized carbons (Fsp3) is 0.235. The lowest BCUT2D eigenvalue weighted by atomic mass is 10.1. The molecule has 1 amide bonds. The first-order chi connectivity index (χ1) is 11.9. The Morgan fingerprint density at radius 2 is 1.72 bits per heavy atom. The summed E-state index contributed by atoms with van der Waals surface area (Å²) in [6.07, 6.45) is 0.115. The Hall–Kier alpha value is -2.58. The molecule has 0 bridgehead atoms. The highest BCUT2D eigenvalue weighted by Gasteiger charge is 2.13. The van der Waals surface area contributed by atoms with E-state index in [1.54, 1.807) is 25.3 Å². The third kappa shape index (κ3) is 4.71. The summed E-state index contributed by atoms with van der Waals surface area (Å²) in [5.41, 5.74) is 1.22. The number of carbonyl (C=O) groups is 1. The number of benzene rings is 2. The summed E-state index contributed by atoms with van der Waals surface area (Å²) in [5.74, 6) is 0.958. The second-order valence-electron chi connectivity index (χ2n) is 5.13. The number of sulfonamides is 1. The van der Waals surface area contributed by atoms with Crippen molar-refractivity contribution >= 4 is 21.6 Å². The lowest BCUT2D eigenvalue weighted by molar-refractivity contribution is -0.115. The van der Waals surface area contributed by atoms with Crippen LogP contribution in [-0.2, 0) is 21.2 Å². The fourth-order valence-electron chi connectivity index (χ4n) is 2.21. The zero-order valence-corrected chi connectivity index (χ0v) is 15.0. The predicted molar refractivity (Wildman–Crippen MR) is 94.6 cm³/mol. The van der Waals surface area contributed by atoms with Crippen molar-refractivity contribution in [2.24, 2.45) is 0 Å². The van der Waals surface area contributed by atoms with Gasteiger partial charge in [0.15, 0.2) is 0 Å². The molecule has 0 saturated heterocycles. The van der Waals surface area contributed by atoms with E-state index >= 15 is 0 Å². The van der Waals surface area contributed by atoms with Crippen LogP contribution in [0.15, 0.2) is 47.4 Å². The Kier molecular flexibility index (Phi) is 6.00. The number of hydrogen-bond acceptors (Lipinski definition) is 5. The van der Waals surface area contributed by atoms with E-state index in [4.69, 9.17) is 9.47 Å². The zero-order valence-electron chi connectivity index (χ0n) is 14.2. The maximum Gasteiger partial charge on any atom is 0.240 e. The average molecular weight is 364 g/mol. The van der Waals surface area contributed by atoms with Crippen LogP contribution >= 0.6 is 0 Å². The number of nitrogens with one attached hydrogen (secondary N) is 2. The summed E-state index contributed by atoms with van der Waals surface area (Å²) in [5, 5.41) is 2.73. The molecule has 0 aromatic heterocycles. The molecule has 2 N–H and O–H groups in total. The topological polar surface area (TPSA) is 93.7 Å². The van der Waals surface area contributed by atoms with Crippen LogP contribution in [0.25, 0.3) is 0 Å². The van der Waals surface area contributed by atoms with Gasteiger partial charge in [-0.15, -0.1) is 0 Å². The summed E-state index contributed by atoms with van der Waals surface area (Å²) in [4.78, 5) is 12.3. The van der Waals surface area contributed by atoms with E-state index in [2.05, 4.69) is 10.0 Å². The average Bonchev–Trinajstić information content (AvgIpc) is 2.62. The van der Waals surface area contributed by atoms with Crippen molar-refractivity contribution in [3.8, 4) is 11.5 Å².